The Balaban J connectivity index is 2.41. The average Bonchev–Trinajstić information content (AvgIpc) is 2.19. The number of rotatable bonds is 1. The predicted octanol–water partition coefficient (Wildman–Crippen LogP) is 2.60. The Labute approximate surface area is 97.8 Å². The SMILES string of the molecule is Cc1cc(N)cc(C)c1C1=CCN(C)CC1. The quantitative estimate of drug-likeness (QED) is 0.731. The van der Waals surface area contributed by atoms with Gasteiger partial charge in [0, 0.05) is 18.8 Å². The van der Waals surface area contributed by atoms with Crippen LogP contribution in [0.5, 0.6) is 0 Å². The molecule has 1 aromatic rings. The first-order valence-electron chi connectivity index (χ1n) is 5.82. The topological polar surface area (TPSA) is 29.3 Å². The van der Waals surface area contributed by atoms with Gasteiger partial charge < -0.3 is 10.6 Å². The van der Waals surface area contributed by atoms with E-state index in [0.717, 1.165) is 25.2 Å². The lowest BCUT2D eigenvalue weighted by molar-refractivity contribution is 0.370. The van der Waals surface area contributed by atoms with Gasteiger partial charge in [-0.3, -0.25) is 0 Å². The molecule has 0 saturated heterocycles. The second-order valence-corrected chi connectivity index (χ2v) is 4.77. The molecule has 86 valence electrons. The highest BCUT2D eigenvalue weighted by molar-refractivity contribution is 5.73. The molecule has 0 aromatic heterocycles. The van der Waals surface area contributed by atoms with Crippen LogP contribution >= 0.6 is 0 Å². The summed E-state index contributed by atoms with van der Waals surface area (Å²) in [7, 11) is 2.16. The summed E-state index contributed by atoms with van der Waals surface area (Å²) >= 11 is 0. The minimum Gasteiger partial charge on any atom is -0.399 e. The molecule has 0 saturated carbocycles. The van der Waals surface area contributed by atoms with Gasteiger partial charge in [-0.2, -0.15) is 0 Å². The molecule has 0 fully saturated rings. The minimum atomic E-state index is 0.868. The number of nitrogens with zero attached hydrogens (tertiary/aromatic N) is 1. The maximum Gasteiger partial charge on any atom is 0.0319 e. The van der Waals surface area contributed by atoms with Crippen LogP contribution in [0.25, 0.3) is 5.57 Å². The van der Waals surface area contributed by atoms with E-state index in [2.05, 4.69) is 44.0 Å². The van der Waals surface area contributed by atoms with E-state index < -0.39 is 0 Å². The molecule has 1 aliphatic heterocycles. The van der Waals surface area contributed by atoms with Crippen molar-refractivity contribution >= 4 is 11.3 Å². The van der Waals surface area contributed by atoms with Crippen molar-refractivity contribution in [2.24, 2.45) is 0 Å². The van der Waals surface area contributed by atoms with Crippen LogP contribution in [0.4, 0.5) is 5.69 Å². The third-order valence-corrected chi connectivity index (χ3v) is 3.29. The monoisotopic (exact) mass is 216 g/mol. The van der Waals surface area contributed by atoms with E-state index in [4.69, 9.17) is 5.73 Å². The Kier molecular flexibility index (Phi) is 3.01. The lowest BCUT2D eigenvalue weighted by atomic mass is 9.91. The molecular weight excluding hydrogens is 196 g/mol. The Bertz CT molecular complexity index is 409. The number of likely N-dealkylation sites (N-methyl/N-ethyl adjacent to an activating group) is 1. The lowest BCUT2D eigenvalue weighted by Crippen LogP contribution is -2.24. The van der Waals surface area contributed by atoms with E-state index in [1.165, 1.54) is 22.3 Å². The maximum absolute atomic E-state index is 5.85. The Morgan fingerprint density at radius 2 is 1.81 bits per heavy atom. The van der Waals surface area contributed by atoms with E-state index in [9.17, 15) is 0 Å². The van der Waals surface area contributed by atoms with E-state index >= 15 is 0 Å². The molecule has 0 spiro atoms. The minimum absolute atomic E-state index is 0.868. The third-order valence-electron chi connectivity index (χ3n) is 3.29. The van der Waals surface area contributed by atoms with Crippen LogP contribution < -0.4 is 5.73 Å². The molecule has 2 N–H and O–H groups in total. The van der Waals surface area contributed by atoms with Crippen molar-refractivity contribution in [2.45, 2.75) is 20.3 Å². The summed E-state index contributed by atoms with van der Waals surface area (Å²) in [5.74, 6) is 0. The van der Waals surface area contributed by atoms with E-state index in [-0.39, 0.29) is 0 Å². The zero-order valence-corrected chi connectivity index (χ0v) is 10.4. The molecule has 0 radical (unpaired) electrons. The average molecular weight is 216 g/mol. The summed E-state index contributed by atoms with van der Waals surface area (Å²) in [5, 5.41) is 0. The number of benzene rings is 1. The van der Waals surface area contributed by atoms with Crippen molar-refractivity contribution in [1.82, 2.24) is 4.90 Å². The maximum atomic E-state index is 5.85. The first kappa shape index (κ1) is 11.2. The first-order chi connectivity index (χ1) is 7.58. The molecule has 2 rings (SSSR count). The van der Waals surface area contributed by atoms with Crippen molar-refractivity contribution < 1.29 is 0 Å². The van der Waals surface area contributed by atoms with Gasteiger partial charge in [0.1, 0.15) is 0 Å². The third kappa shape index (κ3) is 2.12. The van der Waals surface area contributed by atoms with Crippen molar-refractivity contribution in [3.8, 4) is 0 Å². The molecule has 0 aliphatic carbocycles. The van der Waals surface area contributed by atoms with Crippen LogP contribution in [0, 0.1) is 13.8 Å². The van der Waals surface area contributed by atoms with Gasteiger partial charge in [0.25, 0.3) is 0 Å². The van der Waals surface area contributed by atoms with Gasteiger partial charge in [0.05, 0.1) is 0 Å². The number of nitrogens with two attached hydrogens (primary N) is 1. The van der Waals surface area contributed by atoms with Gasteiger partial charge in [-0.15, -0.1) is 0 Å². The molecule has 1 aromatic carbocycles. The zero-order valence-electron chi connectivity index (χ0n) is 10.4. The first-order valence-corrected chi connectivity index (χ1v) is 5.82. The molecule has 0 unspecified atom stereocenters. The second kappa shape index (κ2) is 4.30. The molecule has 0 atom stereocenters. The molecular formula is C14H20N2. The van der Waals surface area contributed by atoms with Crippen LogP contribution in [-0.2, 0) is 0 Å². The van der Waals surface area contributed by atoms with Gasteiger partial charge in [-0.1, -0.05) is 6.08 Å². The predicted molar refractivity (Wildman–Crippen MR) is 70.4 cm³/mol. The fourth-order valence-electron chi connectivity index (χ4n) is 2.50. The van der Waals surface area contributed by atoms with Gasteiger partial charge in [-0.25, -0.2) is 0 Å². The second-order valence-electron chi connectivity index (χ2n) is 4.77. The lowest BCUT2D eigenvalue weighted by Gasteiger charge is -2.24. The van der Waals surface area contributed by atoms with Crippen LogP contribution in [0.1, 0.15) is 23.1 Å². The highest BCUT2D eigenvalue weighted by Crippen LogP contribution is 2.29. The molecule has 0 bridgehead atoms. The fourth-order valence-corrected chi connectivity index (χ4v) is 2.50. The summed E-state index contributed by atoms with van der Waals surface area (Å²) < 4.78 is 0. The molecule has 1 aliphatic rings. The molecule has 2 nitrogen and oxygen atoms in total. The van der Waals surface area contributed by atoms with Gasteiger partial charge in [0.2, 0.25) is 0 Å². The Hall–Kier alpha value is -1.28. The molecule has 2 heteroatoms. The van der Waals surface area contributed by atoms with Gasteiger partial charge in [0.15, 0.2) is 0 Å². The summed E-state index contributed by atoms with van der Waals surface area (Å²) in [6, 6.07) is 4.14. The summed E-state index contributed by atoms with van der Waals surface area (Å²) in [5.41, 5.74) is 12.2. The van der Waals surface area contributed by atoms with Gasteiger partial charge in [-0.05, 0) is 61.7 Å². The highest BCUT2D eigenvalue weighted by atomic mass is 15.1. The van der Waals surface area contributed by atoms with Crippen molar-refractivity contribution in [3.05, 3.63) is 34.9 Å². The van der Waals surface area contributed by atoms with Crippen LogP contribution in [0.2, 0.25) is 0 Å². The summed E-state index contributed by atoms with van der Waals surface area (Å²) in [6.07, 6.45) is 3.48. The molecule has 0 amide bonds. The number of hydrogen-bond acceptors (Lipinski definition) is 2. The highest BCUT2D eigenvalue weighted by Gasteiger charge is 2.13. The smallest absolute Gasteiger partial charge is 0.0319 e. The van der Waals surface area contributed by atoms with E-state index in [0.29, 0.717) is 0 Å². The number of anilines is 1. The normalized spacial score (nSPS) is 17.3. The van der Waals surface area contributed by atoms with E-state index in [1.54, 1.807) is 0 Å². The van der Waals surface area contributed by atoms with Crippen molar-refractivity contribution in [3.63, 3.8) is 0 Å². The largest absolute Gasteiger partial charge is 0.399 e. The number of aryl methyl sites for hydroxylation is 2. The fraction of sp³-hybridized carbons (Fsp3) is 0.429. The standard InChI is InChI=1S/C14H20N2/c1-10-8-13(15)9-11(2)14(10)12-4-6-16(3)7-5-12/h4,8-9H,5-7,15H2,1-3H3. The van der Waals surface area contributed by atoms with Crippen LogP contribution in [0.3, 0.4) is 0 Å². The Morgan fingerprint density at radius 1 is 1.19 bits per heavy atom. The molecule has 1 heterocycles. The van der Waals surface area contributed by atoms with Crippen molar-refractivity contribution in [1.29, 1.82) is 0 Å². The van der Waals surface area contributed by atoms with E-state index in [1.807, 2.05) is 0 Å². The number of nitrogen functional groups attached to an aromatic ring is 1. The Morgan fingerprint density at radius 3 is 2.31 bits per heavy atom. The van der Waals surface area contributed by atoms with Crippen LogP contribution in [-0.4, -0.2) is 25.0 Å². The zero-order chi connectivity index (χ0) is 11.7. The van der Waals surface area contributed by atoms with Crippen LogP contribution in [0.15, 0.2) is 18.2 Å². The van der Waals surface area contributed by atoms with Gasteiger partial charge >= 0.3 is 0 Å². The summed E-state index contributed by atoms with van der Waals surface area (Å²) in [4.78, 5) is 2.34. The van der Waals surface area contributed by atoms with Crippen molar-refractivity contribution in [2.75, 3.05) is 25.9 Å². The molecule has 16 heavy (non-hydrogen) atoms. The summed E-state index contributed by atoms with van der Waals surface area (Å²) in [6.45, 7) is 6.50. The number of hydrogen-bond donors (Lipinski definition) is 1.